The average molecular weight is 248 g/mol. The highest BCUT2D eigenvalue weighted by molar-refractivity contribution is 6.15. The van der Waals surface area contributed by atoms with E-state index in [1.165, 1.54) is 5.56 Å². The molecule has 0 aromatic heterocycles. The van der Waals surface area contributed by atoms with Gasteiger partial charge >= 0.3 is 0 Å². The molecule has 1 aliphatic carbocycles. The minimum atomic E-state index is 0.176. The van der Waals surface area contributed by atoms with Crippen LogP contribution in [0.1, 0.15) is 34.0 Å². The fraction of sp³-hybridized carbons (Fsp3) is 0.167. The van der Waals surface area contributed by atoms with Crippen LogP contribution >= 0.6 is 0 Å². The third kappa shape index (κ3) is 2.24. The molecule has 94 valence electrons. The lowest BCUT2D eigenvalue weighted by molar-refractivity contribution is 0.104. The molecule has 1 aliphatic rings. The van der Waals surface area contributed by atoms with Crippen molar-refractivity contribution in [3.05, 3.63) is 76.4 Å². The highest BCUT2D eigenvalue weighted by atomic mass is 16.1. The number of hydrogen-bond acceptors (Lipinski definition) is 1. The maximum atomic E-state index is 12.3. The Labute approximate surface area is 113 Å². The van der Waals surface area contributed by atoms with Crippen LogP contribution < -0.4 is 0 Å². The molecule has 0 radical (unpaired) electrons. The van der Waals surface area contributed by atoms with Gasteiger partial charge in [-0.3, -0.25) is 4.79 Å². The van der Waals surface area contributed by atoms with Crippen LogP contribution in [0.2, 0.25) is 0 Å². The molecular weight excluding hydrogens is 232 g/mol. The smallest absolute Gasteiger partial charge is 0.189 e. The molecule has 0 atom stereocenters. The lowest BCUT2D eigenvalue weighted by Gasteiger charge is -1.99. The number of fused-ring (bicyclic) bond motifs is 1. The summed E-state index contributed by atoms with van der Waals surface area (Å²) < 4.78 is 0. The summed E-state index contributed by atoms with van der Waals surface area (Å²) in [5.74, 6) is 0.176. The van der Waals surface area contributed by atoms with E-state index in [1.807, 2.05) is 30.3 Å². The van der Waals surface area contributed by atoms with Gasteiger partial charge in [-0.2, -0.15) is 0 Å². The third-order valence-corrected chi connectivity index (χ3v) is 3.66. The van der Waals surface area contributed by atoms with Gasteiger partial charge in [-0.25, -0.2) is 0 Å². The van der Waals surface area contributed by atoms with Crippen molar-refractivity contribution in [2.45, 2.75) is 19.8 Å². The Kier molecular flexibility index (Phi) is 3.04. The SMILES string of the molecule is CCc1ccc(C=C2Cc3ccccc3C2=O)cc1. The number of ketones is 1. The summed E-state index contributed by atoms with van der Waals surface area (Å²) in [6.45, 7) is 2.14. The van der Waals surface area contributed by atoms with E-state index in [2.05, 4.69) is 31.2 Å². The van der Waals surface area contributed by atoms with E-state index in [1.54, 1.807) is 0 Å². The standard InChI is InChI=1S/C18H16O/c1-2-13-7-9-14(10-8-13)11-16-12-15-5-3-4-6-17(15)18(16)19/h3-11H,2,12H2,1H3. The Morgan fingerprint density at radius 2 is 1.79 bits per heavy atom. The van der Waals surface area contributed by atoms with E-state index < -0.39 is 0 Å². The zero-order valence-corrected chi connectivity index (χ0v) is 11.0. The molecule has 0 heterocycles. The number of carbonyl (C=O) groups excluding carboxylic acids is 1. The minimum absolute atomic E-state index is 0.176. The molecule has 2 aromatic rings. The minimum Gasteiger partial charge on any atom is -0.289 e. The number of aryl methyl sites for hydroxylation is 1. The van der Waals surface area contributed by atoms with Crippen LogP contribution in [0.4, 0.5) is 0 Å². The van der Waals surface area contributed by atoms with Crippen LogP contribution in [-0.4, -0.2) is 5.78 Å². The first-order valence-electron chi connectivity index (χ1n) is 6.70. The van der Waals surface area contributed by atoms with Crippen molar-refractivity contribution in [2.24, 2.45) is 0 Å². The van der Waals surface area contributed by atoms with Crippen LogP contribution in [0.25, 0.3) is 6.08 Å². The zero-order valence-electron chi connectivity index (χ0n) is 11.0. The van der Waals surface area contributed by atoms with E-state index in [0.29, 0.717) is 0 Å². The van der Waals surface area contributed by atoms with Crippen LogP contribution in [0.3, 0.4) is 0 Å². The van der Waals surface area contributed by atoms with Gasteiger partial charge < -0.3 is 0 Å². The molecule has 3 rings (SSSR count). The van der Waals surface area contributed by atoms with Gasteiger partial charge in [0.25, 0.3) is 0 Å². The van der Waals surface area contributed by atoms with Crippen molar-refractivity contribution in [1.82, 2.24) is 0 Å². The molecule has 2 aromatic carbocycles. The van der Waals surface area contributed by atoms with Gasteiger partial charge in [-0.05, 0) is 29.2 Å². The van der Waals surface area contributed by atoms with Crippen molar-refractivity contribution >= 4 is 11.9 Å². The fourth-order valence-corrected chi connectivity index (χ4v) is 2.52. The number of rotatable bonds is 2. The van der Waals surface area contributed by atoms with Crippen molar-refractivity contribution in [2.75, 3.05) is 0 Å². The molecule has 1 heteroatoms. The Hall–Kier alpha value is -2.15. The zero-order chi connectivity index (χ0) is 13.2. The predicted octanol–water partition coefficient (Wildman–Crippen LogP) is 4.07. The summed E-state index contributed by atoms with van der Waals surface area (Å²) in [6, 6.07) is 16.3. The molecule has 1 nitrogen and oxygen atoms in total. The van der Waals surface area contributed by atoms with E-state index in [9.17, 15) is 4.79 Å². The molecule has 0 aliphatic heterocycles. The molecule has 0 amide bonds. The Balaban J connectivity index is 1.92. The number of Topliss-reactive ketones (excluding diaryl/α,β-unsaturated/α-hetero) is 1. The number of carbonyl (C=O) groups is 1. The largest absolute Gasteiger partial charge is 0.289 e. The summed E-state index contributed by atoms with van der Waals surface area (Å²) in [4.78, 5) is 12.3. The predicted molar refractivity (Wildman–Crippen MR) is 78.3 cm³/mol. The van der Waals surface area contributed by atoms with Gasteiger partial charge in [0, 0.05) is 17.6 Å². The Morgan fingerprint density at radius 3 is 2.47 bits per heavy atom. The second-order valence-corrected chi connectivity index (χ2v) is 4.93. The second kappa shape index (κ2) is 4.85. The van der Waals surface area contributed by atoms with Crippen LogP contribution in [0, 0.1) is 0 Å². The van der Waals surface area contributed by atoms with Gasteiger partial charge in [0.05, 0.1) is 0 Å². The summed E-state index contributed by atoms with van der Waals surface area (Å²) in [5, 5.41) is 0. The van der Waals surface area contributed by atoms with Crippen LogP contribution in [0.5, 0.6) is 0 Å². The number of hydrogen-bond donors (Lipinski definition) is 0. The molecule has 0 unspecified atom stereocenters. The first-order chi connectivity index (χ1) is 9.28. The maximum absolute atomic E-state index is 12.3. The summed E-state index contributed by atoms with van der Waals surface area (Å²) in [6.07, 6.45) is 3.81. The topological polar surface area (TPSA) is 17.1 Å². The van der Waals surface area contributed by atoms with Crippen LogP contribution in [0.15, 0.2) is 54.1 Å². The average Bonchev–Trinajstić information content (AvgIpc) is 2.77. The first kappa shape index (κ1) is 11.9. The van der Waals surface area contributed by atoms with Gasteiger partial charge in [0.2, 0.25) is 0 Å². The Bertz CT molecular complexity index is 648. The van der Waals surface area contributed by atoms with E-state index >= 15 is 0 Å². The Morgan fingerprint density at radius 1 is 1.05 bits per heavy atom. The highest BCUT2D eigenvalue weighted by Crippen LogP contribution is 2.27. The lowest BCUT2D eigenvalue weighted by Crippen LogP contribution is -1.94. The second-order valence-electron chi connectivity index (χ2n) is 4.93. The van der Waals surface area contributed by atoms with Gasteiger partial charge in [-0.15, -0.1) is 0 Å². The van der Waals surface area contributed by atoms with E-state index in [4.69, 9.17) is 0 Å². The molecule has 0 fully saturated rings. The van der Waals surface area contributed by atoms with E-state index in [-0.39, 0.29) is 5.78 Å². The van der Waals surface area contributed by atoms with Gasteiger partial charge in [0.1, 0.15) is 0 Å². The van der Waals surface area contributed by atoms with Crippen LogP contribution in [-0.2, 0) is 12.8 Å². The number of benzene rings is 2. The van der Waals surface area contributed by atoms with Crippen molar-refractivity contribution in [1.29, 1.82) is 0 Å². The van der Waals surface area contributed by atoms with Crippen molar-refractivity contribution < 1.29 is 4.79 Å². The molecule has 0 spiro atoms. The first-order valence-corrected chi connectivity index (χ1v) is 6.70. The molecule has 0 bridgehead atoms. The summed E-state index contributed by atoms with van der Waals surface area (Å²) in [5.41, 5.74) is 5.32. The summed E-state index contributed by atoms with van der Waals surface area (Å²) in [7, 11) is 0. The van der Waals surface area contributed by atoms with Crippen molar-refractivity contribution in [3.8, 4) is 0 Å². The van der Waals surface area contributed by atoms with Gasteiger partial charge in [0.15, 0.2) is 5.78 Å². The number of allylic oxidation sites excluding steroid dienone is 1. The third-order valence-electron chi connectivity index (χ3n) is 3.66. The molecular formula is C18H16O. The molecule has 0 saturated carbocycles. The van der Waals surface area contributed by atoms with Crippen molar-refractivity contribution in [3.63, 3.8) is 0 Å². The maximum Gasteiger partial charge on any atom is 0.189 e. The molecule has 0 saturated heterocycles. The fourth-order valence-electron chi connectivity index (χ4n) is 2.52. The normalized spacial score (nSPS) is 15.8. The monoisotopic (exact) mass is 248 g/mol. The molecule has 0 N–H and O–H groups in total. The van der Waals surface area contributed by atoms with E-state index in [0.717, 1.165) is 35.1 Å². The summed E-state index contributed by atoms with van der Waals surface area (Å²) >= 11 is 0. The lowest BCUT2D eigenvalue weighted by atomic mass is 10.1. The highest BCUT2D eigenvalue weighted by Gasteiger charge is 2.23. The quantitative estimate of drug-likeness (QED) is 0.732. The molecule has 19 heavy (non-hydrogen) atoms. The van der Waals surface area contributed by atoms with Gasteiger partial charge in [-0.1, -0.05) is 55.5 Å².